The molecule has 4 aromatic rings. The van der Waals surface area contributed by atoms with E-state index in [1.165, 1.54) is 9.80 Å². The number of allylic oxidation sites excluding steroid dienone is 1. The average molecular weight is 592 g/mol. The number of amides is 3. The highest BCUT2D eigenvalue weighted by Crippen LogP contribution is 2.27. The maximum absolute atomic E-state index is 13.5. The van der Waals surface area contributed by atoms with Crippen molar-refractivity contribution in [2.45, 2.75) is 26.1 Å². The lowest BCUT2D eigenvalue weighted by atomic mass is 10.1. The summed E-state index contributed by atoms with van der Waals surface area (Å²) in [6.45, 7) is 0.839. The first-order valence-corrected chi connectivity index (χ1v) is 13.8. The molecule has 5 rings (SSSR count). The van der Waals surface area contributed by atoms with Crippen molar-refractivity contribution in [1.29, 1.82) is 0 Å². The van der Waals surface area contributed by atoms with Crippen LogP contribution in [0.2, 0.25) is 15.1 Å². The van der Waals surface area contributed by atoms with Crippen molar-refractivity contribution >= 4 is 46.7 Å². The maximum Gasteiger partial charge on any atom is 0.332 e. The van der Waals surface area contributed by atoms with E-state index in [9.17, 15) is 9.59 Å². The standard InChI is InChI=1S/C32H25Cl3N2O3/c33-26-10-1-23(2-11-26)19-36-30(31(38)37(32(36)39)20-24-3-12-27(34)13-4-24)18-9-22-7-16-29(17-8-22)40-21-25-5-14-28(35)15-6-25/h1-8,10-18H,9,19-21H2. The Kier molecular flexibility index (Phi) is 8.75. The Balaban J connectivity index is 1.31. The molecule has 202 valence electrons. The number of urea groups is 1. The second kappa shape index (κ2) is 12.6. The van der Waals surface area contributed by atoms with Crippen LogP contribution in [0.25, 0.3) is 0 Å². The molecule has 0 aliphatic carbocycles. The molecule has 3 amide bonds. The molecule has 0 saturated carbocycles. The predicted molar refractivity (Wildman–Crippen MR) is 158 cm³/mol. The molecule has 1 heterocycles. The van der Waals surface area contributed by atoms with Crippen LogP contribution in [-0.2, 0) is 30.9 Å². The molecule has 0 aromatic heterocycles. The topological polar surface area (TPSA) is 49.9 Å². The second-order valence-corrected chi connectivity index (χ2v) is 10.7. The van der Waals surface area contributed by atoms with Crippen LogP contribution in [0.15, 0.2) is 109 Å². The molecule has 40 heavy (non-hydrogen) atoms. The van der Waals surface area contributed by atoms with E-state index in [1.54, 1.807) is 24.3 Å². The smallest absolute Gasteiger partial charge is 0.332 e. The fraction of sp³-hybridized carbons (Fsp3) is 0.125. The van der Waals surface area contributed by atoms with Gasteiger partial charge in [-0.2, -0.15) is 0 Å². The molecule has 0 spiro atoms. The summed E-state index contributed by atoms with van der Waals surface area (Å²) in [5.74, 6) is 0.397. The van der Waals surface area contributed by atoms with Gasteiger partial charge in [0.2, 0.25) is 0 Å². The fourth-order valence-electron chi connectivity index (χ4n) is 4.31. The van der Waals surface area contributed by atoms with E-state index in [0.717, 1.165) is 28.0 Å². The van der Waals surface area contributed by atoms with E-state index < -0.39 is 0 Å². The highest BCUT2D eigenvalue weighted by atomic mass is 35.5. The quantitative estimate of drug-likeness (QED) is 0.145. The number of carbonyl (C=O) groups excluding carboxylic acids is 2. The molecule has 5 nitrogen and oxygen atoms in total. The minimum absolute atomic E-state index is 0.156. The third kappa shape index (κ3) is 6.86. The van der Waals surface area contributed by atoms with E-state index >= 15 is 0 Å². The molecule has 1 aliphatic heterocycles. The van der Waals surface area contributed by atoms with Crippen LogP contribution in [0.5, 0.6) is 5.75 Å². The van der Waals surface area contributed by atoms with Crippen LogP contribution in [-0.4, -0.2) is 21.7 Å². The number of carbonyl (C=O) groups is 2. The first-order chi connectivity index (χ1) is 19.4. The average Bonchev–Trinajstić information content (AvgIpc) is 3.18. The second-order valence-electron chi connectivity index (χ2n) is 9.37. The summed E-state index contributed by atoms with van der Waals surface area (Å²) in [6.07, 6.45) is 2.28. The van der Waals surface area contributed by atoms with Crippen molar-refractivity contribution in [2.75, 3.05) is 0 Å². The highest BCUT2D eigenvalue weighted by molar-refractivity contribution is 6.31. The third-order valence-corrected chi connectivity index (χ3v) is 7.25. The minimum atomic E-state index is -0.368. The maximum atomic E-state index is 13.5. The van der Waals surface area contributed by atoms with Crippen LogP contribution in [0, 0.1) is 0 Å². The number of rotatable bonds is 9. The van der Waals surface area contributed by atoms with Crippen LogP contribution < -0.4 is 4.74 Å². The molecule has 1 aliphatic rings. The molecule has 0 unspecified atom stereocenters. The van der Waals surface area contributed by atoms with Gasteiger partial charge >= 0.3 is 6.03 Å². The lowest BCUT2D eigenvalue weighted by Gasteiger charge is -2.17. The Hall–Kier alpha value is -3.77. The first kappa shape index (κ1) is 27.8. The molecular weight excluding hydrogens is 567 g/mol. The van der Waals surface area contributed by atoms with E-state index in [1.807, 2.05) is 78.9 Å². The van der Waals surface area contributed by atoms with E-state index in [2.05, 4.69) is 0 Å². The molecular formula is C32H25Cl3N2O3. The number of benzene rings is 4. The normalized spacial score (nSPS) is 14.3. The Morgan fingerprint density at radius 2 is 1.02 bits per heavy atom. The highest BCUT2D eigenvalue weighted by Gasteiger charge is 2.40. The van der Waals surface area contributed by atoms with Gasteiger partial charge in [-0.1, -0.05) is 89.4 Å². The molecule has 0 bridgehead atoms. The number of nitrogens with zero attached hydrogens (tertiary/aromatic N) is 2. The predicted octanol–water partition coefficient (Wildman–Crippen LogP) is 8.32. The minimum Gasteiger partial charge on any atom is -0.489 e. The molecule has 0 N–H and O–H groups in total. The van der Waals surface area contributed by atoms with Gasteiger partial charge in [0.1, 0.15) is 18.1 Å². The Labute approximate surface area is 248 Å². The lowest BCUT2D eigenvalue weighted by molar-refractivity contribution is -0.123. The number of ether oxygens (including phenoxy) is 1. The third-order valence-electron chi connectivity index (χ3n) is 6.50. The lowest BCUT2D eigenvalue weighted by Crippen LogP contribution is -2.32. The summed E-state index contributed by atoms with van der Waals surface area (Å²) < 4.78 is 5.88. The summed E-state index contributed by atoms with van der Waals surface area (Å²) >= 11 is 18.0. The van der Waals surface area contributed by atoms with E-state index in [0.29, 0.717) is 33.8 Å². The molecule has 0 radical (unpaired) electrons. The van der Waals surface area contributed by atoms with Crippen molar-refractivity contribution in [1.82, 2.24) is 9.80 Å². The number of halogens is 3. The molecule has 0 atom stereocenters. The van der Waals surface area contributed by atoms with Crippen LogP contribution in [0.1, 0.15) is 22.3 Å². The molecule has 4 aromatic carbocycles. The van der Waals surface area contributed by atoms with Gasteiger partial charge in [0.25, 0.3) is 5.91 Å². The monoisotopic (exact) mass is 590 g/mol. The zero-order valence-electron chi connectivity index (χ0n) is 21.4. The van der Waals surface area contributed by atoms with E-state index in [-0.39, 0.29) is 25.0 Å². The summed E-state index contributed by atoms with van der Waals surface area (Å²) in [6, 6.07) is 29.2. The van der Waals surface area contributed by atoms with Crippen molar-refractivity contribution in [2.24, 2.45) is 0 Å². The van der Waals surface area contributed by atoms with Gasteiger partial charge in [0.05, 0.1) is 13.1 Å². The van der Waals surface area contributed by atoms with Gasteiger partial charge in [-0.25, -0.2) is 4.79 Å². The van der Waals surface area contributed by atoms with Gasteiger partial charge in [-0.05, 0) is 77.2 Å². The Bertz CT molecular complexity index is 1520. The van der Waals surface area contributed by atoms with Crippen molar-refractivity contribution in [3.8, 4) is 5.75 Å². The van der Waals surface area contributed by atoms with Gasteiger partial charge in [0, 0.05) is 15.1 Å². The number of imide groups is 1. The summed E-state index contributed by atoms with van der Waals surface area (Å²) in [5, 5.41) is 1.88. The molecule has 1 fully saturated rings. The number of hydrogen-bond donors (Lipinski definition) is 0. The SMILES string of the molecule is O=C1C(=CCc2ccc(OCc3ccc(Cl)cc3)cc2)N(Cc2ccc(Cl)cc2)C(=O)N1Cc1ccc(Cl)cc1. The molecule has 1 saturated heterocycles. The Morgan fingerprint density at radius 3 is 1.55 bits per heavy atom. The summed E-state index contributed by atoms with van der Waals surface area (Å²) in [7, 11) is 0. The first-order valence-electron chi connectivity index (χ1n) is 12.6. The number of hydrogen-bond acceptors (Lipinski definition) is 3. The fourth-order valence-corrected chi connectivity index (χ4v) is 4.69. The Morgan fingerprint density at radius 1 is 0.575 bits per heavy atom. The van der Waals surface area contributed by atoms with Crippen LogP contribution >= 0.6 is 34.8 Å². The zero-order valence-corrected chi connectivity index (χ0v) is 23.7. The van der Waals surface area contributed by atoms with E-state index in [4.69, 9.17) is 39.5 Å². The summed E-state index contributed by atoms with van der Waals surface area (Å²) in [5.41, 5.74) is 4.03. The van der Waals surface area contributed by atoms with Crippen molar-refractivity contribution in [3.63, 3.8) is 0 Å². The van der Waals surface area contributed by atoms with Gasteiger partial charge in [0.15, 0.2) is 0 Å². The largest absolute Gasteiger partial charge is 0.489 e. The molecule has 8 heteroatoms. The zero-order chi connectivity index (χ0) is 28.1. The van der Waals surface area contributed by atoms with Crippen molar-refractivity contribution in [3.05, 3.63) is 146 Å². The van der Waals surface area contributed by atoms with Gasteiger partial charge < -0.3 is 4.74 Å². The van der Waals surface area contributed by atoms with Crippen LogP contribution in [0.3, 0.4) is 0 Å². The van der Waals surface area contributed by atoms with Gasteiger partial charge in [-0.15, -0.1) is 0 Å². The van der Waals surface area contributed by atoms with Crippen molar-refractivity contribution < 1.29 is 14.3 Å². The van der Waals surface area contributed by atoms with Crippen LogP contribution in [0.4, 0.5) is 4.79 Å². The summed E-state index contributed by atoms with van der Waals surface area (Å²) in [4.78, 5) is 29.7. The van der Waals surface area contributed by atoms with Gasteiger partial charge in [-0.3, -0.25) is 14.6 Å².